The van der Waals surface area contributed by atoms with Crippen molar-refractivity contribution in [3.63, 3.8) is 0 Å². The smallest absolute Gasteiger partial charge is 0.257 e. The van der Waals surface area contributed by atoms with Crippen LogP contribution in [0, 0.1) is 17.1 Å². The number of nitrogens with one attached hydrogen (secondary N) is 2. The number of carbonyl (C=O) groups excluding carboxylic acids is 1. The van der Waals surface area contributed by atoms with E-state index in [0.29, 0.717) is 16.1 Å². The maximum atomic E-state index is 13.0. The van der Waals surface area contributed by atoms with Crippen LogP contribution in [-0.2, 0) is 12.8 Å². The molecule has 1 heterocycles. The maximum absolute atomic E-state index is 13.0. The van der Waals surface area contributed by atoms with Gasteiger partial charge in [0.2, 0.25) is 0 Å². The Morgan fingerprint density at radius 3 is 2.54 bits per heavy atom. The maximum Gasteiger partial charge on any atom is 0.257 e. The monoisotopic (exact) mass is 387 g/mol. The van der Waals surface area contributed by atoms with Crippen molar-refractivity contribution < 1.29 is 9.18 Å². The average Bonchev–Trinajstić information content (AvgIpc) is 2.90. The number of hydrogen-bond donors (Lipinski definition) is 2. The lowest BCUT2D eigenvalue weighted by Crippen LogP contribution is -2.34. The van der Waals surface area contributed by atoms with E-state index in [1.165, 1.54) is 42.0 Å². The van der Waals surface area contributed by atoms with Crippen molar-refractivity contribution in [1.82, 2.24) is 5.32 Å². The number of aryl methyl sites for hydroxylation is 1. The van der Waals surface area contributed by atoms with Crippen LogP contribution in [0.4, 0.5) is 9.39 Å². The minimum absolute atomic E-state index is 0.130. The van der Waals surface area contributed by atoms with E-state index < -0.39 is 11.7 Å². The number of benzene rings is 1. The molecule has 2 N–H and O–H groups in total. The van der Waals surface area contributed by atoms with Gasteiger partial charge in [-0.3, -0.25) is 10.1 Å². The Labute approximate surface area is 161 Å². The van der Waals surface area contributed by atoms with Gasteiger partial charge in [-0.15, -0.1) is 11.3 Å². The molecule has 3 rings (SSSR count). The number of amides is 1. The van der Waals surface area contributed by atoms with E-state index in [0.717, 1.165) is 31.2 Å². The number of hydrogen-bond acceptors (Lipinski definition) is 4. The highest BCUT2D eigenvalue weighted by molar-refractivity contribution is 7.80. The molecule has 1 aliphatic carbocycles. The Morgan fingerprint density at radius 1 is 1.15 bits per heavy atom. The Hall–Kier alpha value is -2.30. The summed E-state index contributed by atoms with van der Waals surface area (Å²) < 4.78 is 13.0. The van der Waals surface area contributed by atoms with Crippen LogP contribution < -0.4 is 10.6 Å². The largest absolute Gasteiger partial charge is 0.323 e. The number of nitriles is 1. The van der Waals surface area contributed by atoms with E-state index in [1.807, 2.05) is 0 Å². The SMILES string of the molecule is N#Cc1c(NC(=S)NC(=O)c2ccc(F)cc2)sc2c1CCCCCC2. The lowest BCUT2D eigenvalue weighted by atomic mass is 9.97. The number of anilines is 1. The zero-order valence-corrected chi connectivity index (χ0v) is 15.7. The van der Waals surface area contributed by atoms with Crippen LogP contribution in [0.5, 0.6) is 0 Å². The first-order valence-electron chi connectivity index (χ1n) is 8.51. The lowest BCUT2D eigenvalue weighted by Gasteiger charge is -2.09. The summed E-state index contributed by atoms with van der Waals surface area (Å²) in [5, 5.41) is 16.0. The Morgan fingerprint density at radius 2 is 1.85 bits per heavy atom. The first-order chi connectivity index (χ1) is 12.6. The lowest BCUT2D eigenvalue weighted by molar-refractivity contribution is 0.0977. The molecule has 0 spiro atoms. The van der Waals surface area contributed by atoms with Gasteiger partial charge in [-0.2, -0.15) is 5.26 Å². The topological polar surface area (TPSA) is 64.9 Å². The molecule has 7 heteroatoms. The van der Waals surface area contributed by atoms with Crippen LogP contribution in [0.25, 0.3) is 0 Å². The van der Waals surface area contributed by atoms with E-state index >= 15 is 0 Å². The summed E-state index contributed by atoms with van der Waals surface area (Å²) in [4.78, 5) is 13.4. The van der Waals surface area contributed by atoms with Crippen molar-refractivity contribution in [2.45, 2.75) is 38.5 Å². The molecule has 26 heavy (non-hydrogen) atoms. The van der Waals surface area contributed by atoms with Crippen LogP contribution in [0.2, 0.25) is 0 Å². The number of halogens is 1. The Bertz CT molecular complexity index is 868. The molecule has 0 atom stereocenters. The summed E-state index contributed by atoms with van der Waals surface area (Å²) in [5.41, 5.74) is 2.06. The van der Waals surface area contributed by atoms with Crippen LogP contribution in [0.3, 0.4) is 0 Å². The highest BCUT2D eigenvalue weighted by atomic mass is 32.1. The van der Waals surface area contributed by atoms with Crippen molar-refractivity contribution >= 4 is 39.6 Å². The van der Waals surface area contributed by atoms with Gasteiger partial charge in [0.1, 0.15) is 16.9 Å². The summed E-state index contributed by atoms with van der Waals surface area (Å²) >= 11 is 6.76. The van der Waals surface area contributed by atoms with Crippen LogP contribution in [0.15, 0.2) is 24.3 Å². The van der Waals surface area contributed by atoms with E-state index in [1.54, 1.807) is 11.3 Å². The van der Waals surface area contributed by atoms with Crippen LogP contribution in [0.1, 0.15) is 52.0 Å². The second-order valence-corrected chi connectivity index (χ2v) is 7.66. The number of thiophene rings is 1. The van der Waals surface area contributed by atoms with E-state index in [2.05, 4.69) is 16.7 Å². The van der Waals surface area contributed by atoms with Crippen LogP contribution >= 0.6 is 23.6 Å². The third-order valence-electron chi connectivity index (χ3n) is 4.34. The molecule has 0 saturated carbocycles. The highest BCUT2D eigenvalue weighted by Crippen LogP contribution is 2.36. The van der Waals surface area contributed by atoms with Crippen LogP contribution in [-0.4, -0.2) is 11.0 Å². The molecular weight excluding hydrogens is 369 g/mol. The second-order valence-electron chi connectivity index (χ2n) is 6.15. The molecule has 134 valence electrons. The third-order valence-corrected chi connectivity index (χ3v) is 5.76. The fraction of sp³-hybridized carbons (Fsp3) is 0.316. The summed E-state index contributed by atoms with van der Waals surface area (Å²) in [6.45, 7) is 0. The van der Waals surface area contributed by atoms with Gasteiger partial charge in [-0.1, -0.05) is 12.8 Å². The van der Waals surface area contributed by atoms with Crippen molar-refractivity contribution in [3.05, 3.63) is 51.7 Å². The predicted molar refractivity (Wildman–Crippen MR) is 105 cm³/mol. The fourth-order valence-corrected chi connectivity index (χ4v) is 4.54. The van der Waals surface area contributed by atoms with Gasteiger partial charge < -0.3 is 5.32 Å². The Kier molecular flexibility index (Phi) is 5.96. The zero-order valence-electron chi connectivity index (χ0n) is 14.1. The Balaban J connectivity index is 1.73. The van der Waals surface area contributed by atoms with Crippen molar-refractivity contribution in [2.75, 3.05) is 5.32 Å². The van der Waals surface area contributed by atoms with Gasteiger partial charge in [0.15, 0.2) is 5.11 Å². The summed E-state index contributed by atoms with van der Waals surface area (Å²) in [5.74, 6) is -0.826. The normalized spacial score (nSPS) is 13.7. The van der Waals surface area contributed by atoms with Gasteiger partial charge in [-0.25, -0.2) is 4.39 Å². The number of rotatable bonds is 2. The highest BCUT2D eigenvalue weighted by Gasteiger charge is 2.20. The molecule has 1 aromatic heterocycles. The first kappa shape index (κ1) is 18.5. The van der Waals surface area contributed by atoms with E-state index in [4.69, 9.17) is 12.2 Å². The van der Waals surface area contributed by atoms with E-state index in [9.17, 15) is 14.4 Å². The van der Waals surface area contributed by atoms with Crippen molar-refractivity contribution in [2.24, 2.45) is 0 Å². The molecule has 0 bridgehead atoms. The molecule has 2 aromatic rings. The minimum Gasteiger partial charge on any atom is -0.323 e. The van der Waals surface area contributed by atoms with Gasteiger partial charge in [0.05, 0.1) is 5.56 Å². The summed E-state index contributed by atoms with van der Waals surface area (Å²) in [6.07, 6.45) is 6.51. The molecular formula is C19H18FN3OS2. The number of fused-ring (bicyclic) bond motifs is 1. The standard InChI is InChI=1S/C19H18FN3OS2/c20-13-9-7-12(8-10-13)17(24)22-19(25)23-18-15(11-21)14-5-3-1-2-4-6-16(14)26-18/h7-10H,1-6H2,(H2,22,23,24,25). The molecule has 1 amide bonds. The molecule has 0 aliphatic heterocycles. The van der Waals surface area contributed by atoms with Gasteiger partial charge in [0, 0.05) is 10.4 Å². The summed E-state index contributed by atoms with van der Waals surface area (Å²) in [7, 11) is 0. The molecule has 0 fully saturated rings. The molecule has 4 nitrogen and oxygen atoms in total. The number of carbonyl (C=O) groups is 1. The number of nitrogens with zero attached hydrogens (tertiary/aromatic N) is 1. The van der Waals surface area contributed by atoms with Crippen molar-refractivity contribution in [1.29, 1.82) is 5.26 Å². The molecule has 0 saturated heterocycles. The summed E-state index contributed by atoms with van der Waals surface area (Å²) in [6, 6.07) is 7.51. The van der Waals surface area contributed by atoms with Crippen molar-refractivity contribution in [3.8, 4) is 6.07 Å². The zero-order chi connectivity index (χ0) is 18.5. The quantitative estimate of drug-likeness (QED) is 0.742. The molecule has 0 unspecified atom stereocenters. The van der Waals surface area contributed by atoms with Gasteiger partial charge >= 0.3 is 0 Å². The van der Waals surface area contributed by atoms with Gasteiger partial charge in [0.25, 0.3) is 5.91 Å². The minimum atomic E-state index is -0.420. The average molecular weight is 388 g/mol. The predicted octanol–water partition coefficient (Wildman–Crippen LogP) is 4.54. The second kappa shape index (κ2) is 8.39. The number of thiocarbonyl (C=S) groups is 1. The molecule has 1 aliphatic rings. The van der Waals surface area contributed by atoms with Gasteiger partial charge in [-0.05, 0) is 67.7 Å². The third kappa shape index (κ3) is 4.26. The first-order valence-corrected chi connectivity index (χ1v) is 9.73. The fourth-order valence-electron chi connectivity index (χ4n) is 3.04. The molecule has 0 radical (unpaired) electrons. The van der Waals surface area contributed by atoms with E-state index in [-0.39, 0.29) is 5.11 Å². The molecule has 1 aromatic carbocycles.